The van der Waals surface area contributed by atoms with Crippen LogP contribution in [0.1, 0.15) is 32.9 Å². The van der Waals surface area contributed by atoms with E-state index in [0.717, 1.165) is 18.7 Å². The van der Waals surface area contributed by atoms with Crippen LogP contribution in [0, 0.1) is 5.92 Å². The molecule has 0 fully saturated rings. The van der Waals surface area contributed by atoms with E-state index in [0.29, 0.717) is 12.0 Å². The largest absolute Gasteiger partial charge is 0.506 e. The standard InChI is InChI=1S/C12H20N2O/c1-4-12(9(2)3)14-7-10-5-6-11(15)8-13-10/h5-6,8-9,12,14-15H,4,7H2,1-3H3. The second kappa shape index (κ2) is 5.71. The highest BCUT2D eigenvalue weighted by molar-refractivity contribution is 5.17. The summed E-state index contributed by atoms with van der Waals surface area (Å²) in [6.45, 7) is 7.37. The Labute approximate surface area is 91.5 Å². The molecule has 0 spiro atoms. The molecule has 0 saturated heterocycles. The lowest BCUT2D eigenvalue weighted by Gasteiger charge is -2.20. The molecule has 1 heterocycles. The first-order chi connectivity index (χ1) is 7.13. The Morgan fingerprint density at radius 1 is 1.40 bits per heavy atom. The van der Waals surface area contributed by atoms with Crippen molar-refractivity contribution in [3.63, 3.8) is 0 Å². The maximum Gasteiger partial charge on any atom is 0.133 e. The molecule has 1 atom stereocenters. The molecule has 84 valence electrons. The number of nitrogens with one attached hydrogen (secondary N) is 1. The molecule has 1 unspecified atom stereocenters. The molecule has 0 aliphatic heterocycles. The van der Waals surface area contributed by atoms with Crippen molar-refractivity contribution in [3.05, 3.63) is 24.0 Å². The fourth-order valence-corrected chi connectivity index (χ4v) is 1.61. The van der Waals surface area contributed by atoms with E-state index >= 15 is 0 Å². The third-order valence-corrected chi connectivity index (χ3v) is 2.60. The molecule has 0 aromatic carbocycles. The Morgan fingerprint density at radius 2 is 2.13 bits per heavy atom. The van der Waals surface area contributed by atoms with Crippen LogP contribution in [0.3, 0.4) is 0 Å². The fourth-order valence-electron chi connectivity index (χ4n) is 1.61. The summed E-state index contributed by atoms with van der Waals surface area (Å²) in [5, 5.41) is 12.5. The number of nitrogens with zero attached hydrogens (tertiary/aromatic N) is 1. The number of aromatic hydroxyl groups is 1. The molecule has 1 aromatic heterocycles. The van der Waals surface area contributed by atoms with Gasteiger partial charge in [-0.25, -0.2) is 0 Å². The molecule has 0 radical (unpaired) electrons. The highest BCUT2D eigenvalue weighted by Gasteiger charge is 2.09. The lowest BCUT2D eigenvalue weighted by Crippen LogP contribution is -2.32. The molecule has 3 heteroatoms. The quantitative estimate of drug-likeness (QED) is 0.780. The van der Waals surface area contributed by atoms with Gasteiger partial charge >= 0.3 is 0 Å². The fraction of sp³-hybridized carbons (Fsp3) is 0.583. The molecule has 3 nitrogen and oxygen atoms in total. The SMILES string of the molecule is CCC(NCc1ccc(O)cn1)C(C)C. The van der Waals surface area contributed by atoms with E-state index in [1.807, 2.05) is 6.07 Å². The topological polar surface area (TPSA) is 45.1 Å². The van der Waals surface area contributed by atoms with Gasteiger partial charge in [-0.15, -0.1) is 0 Å². The minimum atomic E-state index is 0.217. The molecular formula is C12H20N2O. The first-order valence-electron chi connectivity index (χ1n) is 5.50. The van der Waals surface area contributed by atoms with E-state index < -0.39 is 0 Å². The van der Waals surface area contributed by atoms with E-state index in [-0.39, 0.29) is 5.75 Å². The zero-order valence-corrected chi connectivity index (χ0v) is 9.70. The normalized spacial score (nSPS) is 13.1. The molecule has 0 bridgehead atoms. The van der Waals surface area contributed by atoms with Gasteiger partial charge in [0.25, 0.3) is 0 Å². The van der Waals surface area contributed by atoms with Gasteiger partial charge in [0.1, 0.15) is 5.75 Å². The number of hydrogen-bond donors (Lipinski definition) is 2. The van der Waals surface area contributed by atoms with E-state index in [1.54, 1.807) is 6.07 Å². The van der Waals surface area contributed by atoms with E-state index in [1.165, 1.54) is 6.20 Å². The van der Waals surface area contributed by atoms with E-state index in [9.17, 15) is 0 Å². The first kappa shape index (κ1) is 12.0. The number of pyridine rings is 1. The van der Waals surface area contributed by atoms with Crippen LogP contribution >= 0.6 is 0 Å². The van der Waals surface area contributed by atoms with E-state index in [4.69, 9.17) is 5.11 Å². The van der Waals surface area contributed by atoms with Gasteiger partial charge in [-0.3, -0.25) is 4.98 Å². The summed E-state index contributed by atoms with van der Waals surface area (Å²) in [6, 6.07) is 4.04. The van der Waals surface area contributed by atoms with Crippen molar-refractivity contribution in [1.29, 1.82) is 0 Å². The van der Waals surface area contributed by atoms with Crippen LogP contribution in [-0.2, 0) is 6.54 Å². The third kappa shape index (κ3) is 3.88. The summed E-state index contributed by atoms with van der Waals surface area (Å²) in [6.07, 6.45) is 2.60. The highest BCUT2D eigenvalue weighted by Crippen LogP contribution is 2.08. The Kier molecular flexibility index (Phi) is 4.56. The second-order valence-corrected chi connectivity index (χ2v) is 4.15. The average Bonchev–Trinajstić information content (AvgIpc) is 2.21. The van der Waals surface area contributed by atoms with Gasteiger partial charge in [-0.05, 0) is 24.5 Å². The third-order valence-electron chi connectivity index (χ3n) is 2.60. The molecular weight excluding hydrogens is 188 g/mol. The van der Waals surface area contributed by atoms with E-state index in [2.05, 4.69) is 31.1 Å². The molecule has 0 aliphatic rings. The van der Waals surface area contributed by atoms with Crippen molar-refractivity contribution in [2.24, 2.45) is 5.92 Å². The molecule has 0 aliphatic carbocycles. The van der Waals surface area contributed by atoms with Crippen LogP contribution in [0.15, 0.2) is 18.3 Å². The minimum Gasteiger partial charge on any atom is -0.506 e. The first-order valence-corrected chi connectivity index (χ1v) is 5.50. The summed E-state index contributed by atoms with van der Waals surface area (Å²) >= 11 is 0. The lowest BCUT2D eigenvalue weighted by molar-refractivity contribution is 0.385. The molecule has 1 aromatic rings. The molecule has 2 N–H and O–H groups in total. The summed E-state index contributed by atoms with van der Waals surface area (Å²) in [5.74, 6) is 0.849. The highest BCUT2D eigenvalue weighted by atomic mass is 16.3. The van der Waals surface area contributed by atoms with Crippen LogP contribution < -0.4 is 5.32 Å². The Hall–Kier alpha value is -1.09. The van der Waals surface area contributed by atoms with Crippen molar-refractivity contribution in [2.75, 3.05) is 0 Å². The minimum absolute atomic E-state index is 0.217. The smallest absolute Gasteiger partial charge is 0.133 e. The summed E-state index contributed by atoms with van der Waals surface area (Å²) in [4.78, 5) is 4.13. The van der Waals surface area contributed by atoms with Crippen LogP contribution in [0.25, 0.3) is 0 Å². The number of rotatable bonds is 5. The van der Waals surface area contributed by atoms with Crippen LogP contribution in [-0.4, -0.2) is 16.1 Å². The molecule has 15 heavy (non-hydrogen) atoms. The monoisotopic (exact) mass is 208 g/mol. The van der Waals surface area contributed by atoms with Crippen LogP contribution in [0.4, 0.5) is 0 Å². The van der Waals surface area contributed by atoms with Crippen LogP contribution in [0.5, 0.6) is 5.75 Å². The zero-order valence-electron chi connectivity index (χ0n) is 9.70. The van der Waals surface area contributed by atoms with Crippen LogP contribution in [0.2, 0.25) is 0 Å². The predicted molar refractivity (Wildman–Crippen MR) is 61.7 cm³/mol. The van der Waals surface area contributed by atoms with Crippen molar-refractivity contribution < 1.29 is 5.11 Å². The van der Waals surface area contributed by atoms with Crippen molar-refractivity contribution in [2.45, 2.75) is 39.8 Å². The van der Waals surface area contributed by atoms with Gasteiger partial charge in [0.2, 0.25) is 0 Å². The van der Waals surface area contributed by atoms with Gasteiger partial charge < -0.3 is 10.4 Å². The molecule has 0 amide bonds. The van der Waals surface area contributed by atoms with Gasteiger partial charge in [0.15, 0.2) is 0 Å². The molecule has 1 rings (SSSR count). The Bertz CT molecular complexity index is 282. The van der Waals surface area contributed by atoms with Crippen molar-refractivity contribution in [1.82, 2.24) is 10.3 Å². The maximum atomic E-state index is 9.09. The van der Waals surface area contributed by atoms with Crippen molar-refractivity contribution in [3.8, 4) is 5.75 Å². The summed E-state index contributed by atoms with van der Waals surface area (Å²) < 4.78 is 0. The number of aromatic nitrogens is 1. The predicted octanol–water partition coefficient (Wildman–Crippen LogP) is 2.31. The maximum absolute atomic E-state index is 9.09. The van der Waals surface area contributed by atoms with Gasteiger partial charge in [0.05, 0.1) is 11.9 Å². The van der Waals surface area contributed by atoms with Gasteiger partial charge in [-0.1, -0.05) is 20.8 Å². The summed E-state index contributed by atoms with van der Waals surface area (Å²) in [5.41, 5.74) is 0.965. The average molecular weight is 208 g/mol. The second-order valence-electron chi connectivity index (χ2n) is 4.15. The Morgan fingerprint density at radius 3 is 2.60 bits per heavy atom. The zero-order chi connectivity index (χ0) is 11.3. The molecule has 0 saturated carbocycles. The summed E-state index contributed by atoms with van der Waals surface area (Å²) in [7, 11) is 0. The lowest BCUT2D eigenvalue weighted by atomic mass is 10.0. The van der Waals surface area contributed by atoms with Gasteiger partial charge in [0, 0.05) is 12.6 Å². The Balaban J connectivity index is 2.45. The van der Waals surface area contributed by atoms with Gasteiger partial charge in [-0.2, -0.15) is 0 Å². The van der Waals surface area contributed by atoms with Crippen molar-refractivity contribution >= 4 is 0 Å². The number of hydrogen-bond acceptors (Lipinski definition) is 3.